The largest absolute Gasteiger partial charge is 0.311 e. The molecular weight excluding hydrogens is 182 g/mol. The smallest absolute Gasteiger partial charge is 0.00722 e. The molecule has 2 saturated carbocycles. The maximum absolute atomic E-state index is 3.88. The standard InChI is InChI=1S/C14H27N/c1-11-8-9-14(10-11)15-12(2)13-6-4-3-5-7-13/h11-15H,3-10H2,1-2H3/t11?,12-,14?/m1/s1. The minimum absolute atomic E-state index is 0.764. The molecule has 3 atom stereocenters. The molecule has 1 N–H and O–H groups in total. The average molecular weight is 209 g/mol. The van der Waals surface area contributed by atoms with E-state index in [0.717, 1.165) is 23.9 Å². The predicted octanol–water partition coefficient (Wildman–Crippen LogP) is 3.73. The summed E-state index contributed by atoms with van der Waals surface area (Å²) in [6.07, 6.45) is 11.6. The van der Waals surface area contributed by atoms with Gasteiger partial charge < -0.3 is 5.32 Å². The second-order valence-electron chi connectivity index (χ2n) is 5.97. The first kappa shape index (κ1) is 11.4. The van der Waals surface area contributed by atoms with Crippen molar-refractivity contribution in [1.29, 1.82) is 0 Å². The molecule has 0 aromatic carbocycles. The Morgan fingerprint density at radius 2 is 1.73 bits per heavy atom. The molecule has 2 aliphatic rings. The van der Waals surface area contributed by atoms with Gasteiger partial charge in [-0.2, -0.15) is 0 Å². The normalized spacial score (nSPS) is 35.6. The third-order valence-electron chi connectivity index (χ3n) is 4.55. The van der Waals surface area contributed by atoms with E-state index in [4.69, 9.17) is 0 Å². The number of hydrogen-bond donors (Lipinski definition) is 1. The Balaban J connectivity index is 1.73. The van der Waals surface area contributed by atoms with Gasteiger partial charge in [-0.1, -0.05) is 26.2 Å². The van der Waals surface area contributed by atoms with Crippen LogP contribution in [0.5, 0.6) is 0 Å². The van der Waals surface area contributed by atoms with Crippen LogP contribution in [-0.4, -0.2) is 12.1 Å². The highest BCUT2D eigenvalue weighted by Gasteiger charge is 2.26. The van der Waals surface area contributed by atoms with Gasteiger partial charge in [0, 0.05) is 12.1 Å². The van der Waals surface area contributed by atoms with Crippen LogP contribution in [0.15, 0.2) is 0 Å². The minimum Gasteiger partial charge on any atom is -0.311 e. The van der Waals surface area contributed by atoms with E-state index in [-0.39, 0.29) is 0 Å². The van der Waals surface area contributed by atoms with Gasteiger partial charge in [-0.05, 0) is 50.9 Å². The SMILES string of the molecule is CC1CCC(N[C@H](C)C2CCCCC2)C1. The summed E-state index contributed by atoms with van der Waals surface area (Å²) < 4.78 is 0. The van der Waals surface area contributed by atoms with Crippen LogP contribution in [0.25, 0.3) is 0 Å². The van der Waals surface area contributed by atoms with Gasteiger partial charge in [-0.3, -0.25) is 0 Å². The van der Waals surface area contributed by atoms with E-state index in [0.29, 0.717) is 0 Å². The molecule has 0 radical (unpaired) electrons. The first-order valence-electron chi connectivity index (χ1n) is 7.01. The molecule has 1 heteroatoms. The molecule has 2 unspecified atom stereocenters. The molecule has 2 aliphatic carbocycles. The van der Waals surface area contributed by atoms with Crippen molar-refractivity contribution in [1.82, 2.24) is 5.32 Å². The van der Waals surface area contributed by atoms with Gasteiger partial charge in [-0.15, -0.1) is 0 Å². The molecule has 15 heavy (non-hydrogen) atoms. The molecule has 0 amide bonds. The predicted molar refractivity (Wildman–Crippen MR) is 66.0 cm³/mol. The van der Waals surface area contributed by atoms with Crippen molar-refractivity contribution in [3.05, 3.63) is 0 Å². The lowest BCUT2D eigenvalue weighted by Crippen LogP contribution is -2.40. The Morgan fingerprint density at radius 3 is 2.33 bits per heavy atom. The van der Waals surface area contributed by atoms with Crippen molar-refractivity contribution in [3.63, 3.8) is 0 Å². The summed E-state index contributed by atoms with van der Waals surface area (Å²) in [4.78, 5) is 0. The van der Waals surface area contributed by atoms with Crippen molar-refractivity contribution in [3.8, 4) is 0 Å². The Kier molecular flexibility index (Phi) is 4.07. The topological polar surface area (TPSA) is 12.0 Å². The molecule has 2 fully saturated rings. The lowest BCUT2D eigenvalue weighted by Gasteiger charge is -2.30. The van der Waals surface area contributed by atoms with Crippen LogP contribution in [0.1, 0.15) is 65.2 Å². The van der Waals surface area contributed by atoms with Crippen LogP contribution in [0.4, 0.5) is 0 Å². The van der Waals surface area contributed by atoms with Crippen LogP contribution >= 0.6 is 0 Å². The third kappa shape index (κ3) is 3.21. The Morgan fingerprint density at radius 1 is 1.00 bits per heavy atom. The summed E-state index contributed by atoms with van der Waals surface area (Å²) >= 11 is 0. The fourth-order valence-corrected chi connectivity index (χ4v) is 3.50. The molecule has 0 spiro atoms. The molecule has 0 saturated heterocycles. The van der Waals surface area contributed by atoms with Crippen LogP contribution < -0.4 is 5.32 Å². The molecule has 0 heterocycles. The van der Waals surface area contributed by atoms with Gasteiger partial charge in [0.05, 0.1) is 0 Å². The highest BCUT2D eigenvalue weighted by molar-refractivity contribution is 4.84. The highest BCUT2D eigenvalue weighted by Crippen LogP contribution is 2.29. The molecule has 0 bridgehead atoms. The van der Waals surface area contributed by atoms with E-state index in [1.807, 2.05) is 0 Å². The lowest BCUT2D eigenvalue weighted by molar-refractivity contribution is 0.263. The second-order valence-corrected chi connectivity index (χ2v) is 5.97. The first-order valence-corrected chi connectivity index (χ1v) is 7.01. The zero-order valence-corrected chi connectivity index (χ0v) is 10.5. The summed E-state index contributed by atoms with van der Waals surface area (Å²) in [6.45, 7) is 4.81. The first-order chi connectivity index (χ1) is 7.25. The third-order valence-corrected chi connectivity index (χ3v) is 4.55. The van der Waals surface area contributed by atoms with Crippen LogP contribution in [-0.2, 0) is 0 Å². The summed E-state index contributed by atoms with van der Waals surface area (Å²) in [5.74, 6) is 1.93. The average Bonchev–Trinajstić information content (AvgIpc) is 2.65. The van der Waals surface area contributed by atoms with Crippen molar-refractivity contribution in [2.24, 2.45) is 11.8 Å². The van der Waals surface area contributed by atoms with E-state index < -0.39 is 0 Å². The van der Waals surface area contributed by atoms with E-state index in [1.165, 1.54) is 51.4 Å². The van der Waals surface area contributed by atoms with E-state index in [1.54, 1.807) is 0 Å². The Labute approximate surface area is 95.0 Å². The van der Waals surface area contributed by atoms with Gasteiger partial charge in [0.1, 0.15) is 0 Å². The summed E-state index contributed by atoms with van der Waals surface area (Å²) in [5, 5.41) is 3.88. The zero-order chi connectivity index (χ0) is 10.7. The van der Waals surface area contributed by atoms with Crippen LogP contribution in [0.2, 0.25) is 0 Å². The van der Waals surface area contributed by atoms with Gasteiger partial charge >= 0.3 is 0 Å². The number of nitrogens with one attached hydrogen (secondary N) is 1. The van der Waals surface area contributed by atoms with Crippen LogP contribution in [0.3, 0.4) is 0 Å². The fraction of sp³-hybridized carbons (Fsp3) is 1.00. The molecule has 2 rings (SSSR count). The minimum atomic E-state index is 0.764. The van der Waals surface area contributed by atoms with Crippen molar-refractivity contribution in [2.45, 2.75) is 77.3 Å². The second kappa shape index (κ2) is 5.34. The lowest BCUT2D eigenvalue weighted by atomic mass is 9.84. The summed E-state index contributed by atoms with van der Waals surface area (Å²) in [5.41, 5.74) is 0. The zero-order valence-electron chi connectivity index (χ0n) is 10.5. The number of hydrogen-bond acceptors (Lipinski definition) is 1. The van der Waals surface area contributed by atoms with Gasteiger partial charge in [-0.25, -0.2) is 0 Å². The maximum atomic E-state index is 3.88. The van der Waals surface area contributed by atoms with Gasteiger partial charge in [0.2, 0.25) is 0 Å². The number of rotatable bonds is 3. The fourth-order valence-electron chi connectivity index (χ4n) is 3.50. The Hall–Kier alpha value is -0.0400. The van der Waals surface area contributed by atoms with E-state index in [9.17, 15) is 0 Å². The summed E-state index contributed by atoms with van der Waals surface area (Å²) in [7, 11) is 0. The molecule has 0 aromatic heterocycles. The van der Waals surface area contributed by atoms with Gasteiger partial charge in [0.15, 0.2) is 0 Å². The van der Waals surface area contributed by atoms with Crippen molar-refractivity contribution in [2.75, 3.05) is 0 Å². The molecule has 88 valence electrons. The quantitative estimate of drug-likeness (QED) is 0.747. The van der Waals surface area contributed by atoms with Crippen LogP contribution in [0, 0.1) is 11.8 Å². The van der Waals surface area contributed by atoms with E-state index in [2.05, 4.69) is 19.2 Å². The summed E-state index contributed by atoms with van der Waals surface area (Å²) in [6, 6.07) is 1.59. The van der Waals surface area contributed by atoms with E-state index >= 15 is 0 Å². The molecule has 0 aliphatic heterocycles. The van der Waals surface area contributed by atoms with Crippen molar-refractivity contribution >= 4 is 0 Å². The van der Waals surface area contributed by atoms with Crippen molar-refractivity contribution < 1.29 is 0 Å². The monoisotopic (exact) mass is 209 g/mol. The maximum Gasteiger partial charge on any atom is 0.00722 e. The van der Waals surface area contributed by atoms with Gasteiger partial charge in [0.25, 0.3) is 0 Å². The molecular formula is C14H27N. The molecule has 1 nitrogen and oxygen atoms in total. The highest BCUT2D eigenvalue weighted by atomic mass is 15.0. The molecule has 0 aromatic rings. The Bertz CT molecular complexity index is 184.